The van der Waals surface area contributed by atoms with Crippen molar-refractivity contribution in [2.45, 2.75) is 18.0 Å². The zero-order valence-electron chi connectivity index (χ0n) is 11.6. The summed E-state index contributed by atoms with van der Waals surface area (Å²) in [5.41, 5.74) is -0.259. The molecular formula is C14H10BrClF3NO2S. The monoisotopic (exact) mass is 427 g/mol. The van der Waals surface area contributed by atoms with Crippen LogP contribution in [0.15, 0.2) is 45.8 Å². The van der Waals surface area contributed by atoms with Gasteiger partial charge in [-0.15, -0.1) is 0 Å². The summed E-state index contributed by atoms with van der Waals surface area (Å²) in [6, 6.07) is 7.43. The molecule has 0 radical (unpaired) electrons. The van der Waals surface area contributed by atoms with Gasteiger partial charge in [0.2, 0.25) is 0 Å². The van der Waals surface area contributed by atoms with Crippen molar-refractivity contribution in [3.63, 3.8) is 0 Å². The van der Waals surface area contributed by atoms with Gasteiger partial charge in [-0.25, -0.2) is 8.42 Å². The topological polar surface area (TPSA) is 46.2 Å². The Morgan fingerprint density at radius 2 is 1.70 bits per heavy atom. The maximum absolute atomic E-state index is 12.7. The SMILES string of the molecule is Cc1ccc(S(=O)(=O)Nc2c(Cl)cc(C(F)(F)F)cc2Br)cc1. The standard InChI is InChI=1S/C14H10BrClF3NO2S/c1-8-2-4-10(5-3-8)23(21,22)20-13-11(15)6-9(7-12(13)16)14(17,18)19/h2-7,20H,1H3. The number of sulfonamides is 1. The normalized spacial score (nSPS) is 12.3. The van der Waals surface area contributed by atoms with Crippen LogP contribution in [0, 0.1) is 6.92 Å². The second-order valence-electron chi connectivity index (χ2n) is 4.73. The summed E-state index contributed by atoms with van der Waals surface area (Å²) in [5, 5.41) is -0.359. The summed E-state index contributed by atoms with van der Waals surface area (Å²) < 4.78 is 64.8. The fourth-order valence-corrected chi connectivity index (χ4v) is 3.97. The van der Waals surface area contributed by atoms with E-state index in [1.54, 1.807) is 19.1 Å². The molecule has 2 rings (SSSR count). The molecular weight excluding hydrogens is 419 g/mol. The summed E-state index contributed by atoms with van der Waals surface area (Å²) in [5.74, 6) is 0. The molecule has 2 aromatic carbocycles. The van der Waals surface area contributed by atoms with Gasteiger partial charge in [-0.05, 0) is 47.1 Å². The minimum absolute atomic E-state index is 0.0223. The van der Waals surface area contributed by atoms with Crippen LogP contribution in [0.25, 0.3) is 0 Å². The lowest BCUT2D eigenvalue weighted by Crippen LogP contribution is -2.14. The summed E-state index contributed by atoms with van der Waals surface area (Å²) in [7, 11) is -3.97. The molecule has 1 N–H and O–H groups in total. The number of alkyl halides is 3. The number of benzene rings is 2. The van der Waals surface area contributed by atoms with Gasteiger partial charge in [-0.2, -0.15) is 13.2 Å². The quantitative estimate of drug-likeness (QED) is 0.727. The smallest absolute Gasteiger partial charge is 0.277 e. The maximum atomic E-state index is 12.7. The minimum atomic E-state index is -4.58. The van der Waals surface area contributed by atoms with E-state index in [4.69, 9.17) is 11.6 Å². The maximum Gasteiger partial charge on any atom is 0.416 e. The van der Waals surface area contributed by atoms with Crippen molar-refractivity contribution in [1.29, 1.82) is 0 Å². The summed E-state index contributed by atoms with van der Waals surface area (Å²) in [6.45, 7) is 1.80. The van der Waals surface area contributed by atoms with E-state index < -0.39 is 21.8 Å². The molecule has 3 nitrogen and oxygen atoms in total. The second-order valence-corrected chi connectivity index (χ2v) is 7.68. The van der Waals surface area contributed by atoms with Gasteiger partial charge < -0.3 is 0 Å². The zero-order valence-corrected chi connectivity index (χ0v) is 14.7. The minimum Gasteiger partial charge on any atom is -0.277 e. The fraction of sp³-hybridized carbons (Fsp3) is 0.143. The number of aryl methyl sites for hydroxylation is 1. The van der Waals surface area contributed by atoms with Gasteiger partial charge in [0.25, 0.3) is 10.0 Å². The van der Waals surface area contributed by atoms with Crippen LogP contribution in [0.4, 0.5) is 18.9 Å². The van der Waals surface area contributed by atoms with Crippen LogP contribution in [0.3, 0.4) is 0 Å². The lowest BCUT2D eigenvalue weighted by Gasteiger charge is -2.14. The second kappa shape index (κ2) is 6.33. The Kier molecular flexibility index (Phi) is 4.98. The molecule has 0 spiro atoms. The number of hydrogen-bond donors (Lipinski definition) is 1. The largest absolute Gasteiger partial charge is 0.416 e. The molecule has 0 aliphatic rings. The van der Waals surface area contributed by atoms with Gasteiger partial charge >= 0.3 is 6.18 Å². The van der Waals surface area contributed by atoms with E-state index in [0.717, 1.165) is 11.6 Å². The Hall–Kier alpha value is -1.25. The van der Waals surface area contributed by atoms with Gasteiger partial charge in [0.1, 0.15) is 0 Å². The first-order valence-corrected chi connectivity index (χ1v) is 8.82. The van der Waals surface area contributed by atoms with Crippen LogP contribution in [0.1, 0.15) is 11.1 Å². The van der Waals surface area contributed by atoms with E-state index in [1.807, 2.05) is 0 Å². The third-order valence-electron chi connectivity index (χ3n) is 2.94. The molecule has 9 heteroatoms. The lowest BCUT2D eigenvalue weighted by atomic mass is 10.2. The Bertz CT molecular complexity index is 813. The predicted molar refractivity (Wildman–Crippen MR) is 86.1 cm³/mol. The molecule has 0 amide bonds. The van der Waals surface area contributed by atoms with Crippen LogP contribution >= 0.6 is 27.5 Å². The molecule has 0 aliphatic carbocycles. The van der Waals surface area contributed by atoms with Crippen molar-refractivity contribution < 1.29 is 21.6 Å². The van der Waals surface area contributed by atoms with Crippen LogP contribution in [-0.4, -0.2) is 8.42 Å². The Labute approximate surface area is 144 Å². The number of anilines is 1. The van der Waals surface area contributed by atoms with Crippen molar-refractivity contribution >= 4 is 43.2 Å². The molecule has 0 saturated heterocycles. The lowest BCUT2D eigenvalue weighted by molar-refractivity contribution is -0.137. The van der Waals surface area contributed by atoms with Gasteiger partial charge in [-0.3, -0.25) is 4.72 Å². The van der Waals surface area contributed by atoms with Crippen molar-refractivity contribution in [2.24, 2.45) is 0 Å². The molecule has 2 aromatic rings. The van der Waals surface area contributed by atoms with Crippen LogP contribution in [0.5, 0.6) is 0 Å². The van der Waals surface area contributed by atoms with E-state index in [1.165, 1.54) is 12.1 Å². The van der Waals surface area contributed by atoms with E-state index in [0.29, 0.717) is 6.07 Å². The summed E-state index contributed by atoms with van der Waals surface area (Å²) in [6.07, 6.45) is -4.58. The molecule has 0 aromatic heterocycles. The number of nitrogens with one attached hydrogen (secondary N) is 1. The van der Waals surface area contributed by atoms with Crippen LogP contribution in [-0.2, 0) is 16.2 Å². The van der Waals surface area contributed by atoms with Gasteiger partial charge in [0, 0.05) is 4.47 Å². The average molecular weight is 429 g/mol. The molecule has 0 bridgehead atoms. The molecule has 0 fully saturated rings. The summed E-state index contributed by atoms with van der Waals surface area (Å²) >= 11 is 8.72. The molecule has 23 heavy (non-hydrogen) atoms. The third-order valence-corrected chi connectivity index (χ3v) is 5.23. The van der Waals surface area contributed by atoms with E-state index >= 15 is 0 Å². The average Bonchev–Trinajstić information content (AvgIpc) is 2.42. The molecule has 124 valence electrons. The van der Waals surface area contributed by atoms with Crippen molar-refractivity contribution in [3.05, 3.63) is 57.0 Å². The van der Waals surface area contributed by atoms with Gasteiger partial charge in [0.05, 0.1) is 21.2 Å². The Morgan fingerprint density at radius 1 is 1.13 bits per heavy atom. The number of rotatable bonds is 3. The Morgan fingerprint density at radius 3 is 2.17 bits per heavy atom. The molecule has 0 unspecified atom stereocenters. The highest BCUT2D eigenvalue weighted by molar-refractivity contribution is 9.10. The molecule has 0 atom stereocenters. The van der Waals surface area contributed by atoms with Crippen molar-refractivity contribution in [3.8, 4) is 0 Å². The highest BCUT2D eigenvalue weighted by Crippen LogP contribution is 2.39. The zero-order chi connectivity index (χ0) is 17.4. The van der Waals surface area contributed by atoms with Crippen molar-refractivity contribution in [1.82, 2.24) is 0 Å². The number of halogens is 5. The molecule has 0 saturated carbocycles. The molecule has 0 heterocycles. The van der Waals surface area contributed by atoms with Gasteiger partial charge in [0.15, 0.2) is 0 Å². The highest BCUT2D eigenvalue weighted by Gasteiger charge is 2.32. The van der Waals surface area contributed by atoms with Gasteiger partial charge in [-0.1, -0.05) is 29.3 Å². The van der Waals surface area contributed by atoms with E-state index in [-0.39, 0.29) is 20.1 Å². The Balaban J connectivity index is 2.42. The molecule has 0 aliphatic heterocycles. The van der Waals surface area contributed by atoms with Crippen LogP contribution in [0.2, 0.25) is 5.02 Å². The van der Waals surface area contributed by atoms with E-state index in [2.05, 4.69) is 20.7 Å². The van der Waals surface area contributed by atoms with Crippen molar-refractivity contribution in [2.75, 3.05) is 4.72 Å². The fourth-order valence-electron chi connectivity index (χ4n) is 1.75. The summed E-state index contributed by atoms with van der Waals surface area (Å²) in [4.78, 5) is -0.0223. The third kappa shape index (κ3) is 4.19. The first kappa shape index (κ1) is 18.1. The predicted octanol–water partition coefficient (Wildman–Crippen LogP) is 5.23. The van der Waals surface area contributed by atoms with Crippen LogP contribution < -0.4 is 4.72 Å². The first-order chi connectivity index (χ1) is 10.5. The number of hydrogen-bond acceptors (Lipinski definition) is 2. The first-order valence-electron chi connectivity index (χ1n) is 6.16. The van der Waals surface area contributed by atoms with E-state index in [9.17, 15) is 21.6 Å². The highest BCUT2D eigenvalue weighted by atomic mass is 79.9.